The van der Waals surface area contributed by atoms with Gasteiger partial charge < -0.3 is 9.47 Å². The lowest BCUT2D eigenvalue weighted by Crippen LogP contribution is -2.27. The molecule has 0 spiro atoms. The largest absolute Gasteiger partial charge is 0.490 e. The minimum Gasteiger partial charge on any atom is -0.490 e. The van der Waals surface area contributed by atoms with Gasteiger partial charge in [0.25, 0.3) is 16.8 Å². The van der Waals surface area contributed by atoms with E-state index in [0.29, 0.717) is 42.3 Å². The molecule has 1 aliphatic rings. The van der Waals surface area contributed by atoms with Crippen LogP contribution < -0.4 is 9.47 Å². The monoisotopic (exact) mass is 608 g/mol. The molecular weight excluding hydrogens is 584 g/mol. The molecule has 0 unspecified atom stereocenters. The zero-order valence-electron chi connectivity index (χ0n) is 21.1. The first-order valence-electron chi connectivity index (χ1n) is 12.1. The van der Waals surface area contributed by atoms with Crippen molar-refractivity contribution in [1.29, 1.82) is 0 Å². The Morgan fingerprint density at radius 3 is 2.38 bits per heavy atom. The molecule has 3 aromatic carbocycles. The fourth-order valence-corrected chi connectivity index (χ4v) is 5.03. The lowest BCUT2D eigenvalue weighted by molar-refractivity contribution is -0.384. The van der Waals surface area contributed by atoms with Crippen LogP contribution in [0.15, 0.2) is 82.7 Å². The quantitative estimate of drug-likeness (QED) is 0.0974. The number of hydrogen-bond donors (Lipinski definition) is 0. The standard InChI is InChI=1S/C29H25BrN2O6S/c1-3-5-22-14-21(15-25(37-4-2)27(22)38-18-20-6-10-23(30)11-7-20)16-26-28(33)31(29(34)39-26)17-19-8-12-24(13-9-19)32(35)36/h3,6-16H,1,4-5,17-18H2,2H3. The molecular formula is C29H25BrN2O6S. The Balaban J connectivity index is 1.58. The smallest absolute Gasteiger partial charge is 0.293 e. The summed E-state index contributed by atoms with van der Waals surface area (Å²) in [6.45, 7) is 6.52. The van der Waals surface area contributed by atoms with Gasteiger partial charge in [0.15, 0.2) is 11.5 Å². The molecule has 1 fully saturated rings. The molecule has 200 valence electrons. The SMILES string of the molecule is C=CCc1cc(C=C2SC(=O)N(Cc3ccc([N+](=O)[O-])cc3)C2=O)cc(OCC)c1OCc1ccc(Br)cc1. The number of thioether (sulfide) groups is 1. The van der Waals surface area contributed by atoms with Crippen LogP contribution in [0.25, 0.3) is 6.08 Å². The number of carbonyl (C=O) groups is 2. The summed E-state index contributed by atoms with van der Waals surface area (Å²) in [4.78, 5) is 37.6. The van der Waals surface area contributed by atoms with Gasteiger partial charge in [0, 0.05) is 22.2 Å². The highest BCUT2D eigenvalue weighted by atomic mass is 79.9. The van der Waals surface area contributed by atoms with Crippen LogP contribution in [0.2, 0.25) is 0 Å². The molecule has 1 saturated heterocycles. The molecule has 0 aliphatic carbocycles. The number of hydrogen-bond acceptors (Lipinski definition) is 7. The Morgan fingerprint density at radius 2 is 1.74 bits per heavy atom. The number of halogens is 1. The second kappa shape index (κ2) is 12.8. The van der Waals surface area contributed by atoms with Crippen LogP contribution in [0.1, 0.15) is 29.2 Å². The maximum Gasteiger partial charge on any atom is 0.293 e. The Labute approximate surface area is 238 Å². The Kier molecular flexibility index (Phi) is 9.21. The van der Waals surface area contributed by atoms with Crippen LogP contribution in [0.5, 0.6) is 11.5 Å². The molecule has 4 rings (SSSR count). The Bertz CT molecular complexity index is 1440. The number of rotatable bonds is 11. The summed E-state index contributed by atoms with van der Waals surface area (Å²) in [6, 6.07) is 17.3. The van der Waals surface area contributed by atoms with Gasteiger partial charge in [0.1, 0.15) is 6.61 Å². The number of allylic oxidation sites excluding steroid dienone is 1. The van der Waals surface area contributed by atoms with Crippen molar-refractivity contribution in [2.24, 2.45) is 0 Å². The summed E-state index contributed by atoms with van der Waals surface area (Å²) < 4.78 is 13.1. The van der Waals surface area contributed by atoms with Crippen molar-refractivity contribution in [2.45, 2.75) is 26.5 Å². The highest BCUT2D eigenvalue weighted by Gasteiger charge is 2.35. The molecule has 0 aromatic heterocycles. The first kappa shape index (κ1) is 28.1. The summed E-state index contributed by atoms with van der Waals surface area (Å²) in [6.07, 6.45) is 3.94. The fraction of sp³-hybridized carbons (Fsp3) is 0.172. The van der Waals surface area contributed by atoms with Crippen molar-refractivity contribution in [3.05, 3.63) is 115 Å². The molecule has 2 amide bonds. The number of amides is 2. The van der Waals surface area contributed by atoms with Gasteiger partial charge in [-0.05, 0) is 72.1 Å². The van der Waals surface area contributed by atoms with Crippen LogP contribution >= 0.6 is 27.7 Å². The van der Waals surface area contributed by atoms with Crippen molar-refractivity contribution in [3.63, 3.8) is 0 Å². The number of non-ortho nitro benzene ring substituents is 1. The first-order valence-corrected chi connectivity index (χ1v) is 13.7. The number of benzene rings is 3. The average molecular weight is 609 g/mol. The van der Waals surface area contributed by atoms with E-state index < -0.39 is 16.1 Å². The molecule has 1 heterocycles. The zero-order chi connectivity index (χ0) is 27.9. The molecule has 0 N–H and O–H groups in total. The molecule has 0 saturated carbocycles. The third-order valence-corrected chi connectivity index (χ3v) is 7.21. The summed E-state index contributed by atoms with van der Waals surface area (Å²) in [5, 5.41) is 10.5. The number of ether oxygens (including phenoxy) is 2. The Morgan fingerprint density at radius 1 is 1.05 bits per heavy atom. The second-order valence-corrected chi connectivity index (χ2v) is 10.4. The zero-order valence-corrected chi connectivity index (χ0v) is 23.5. The van der Waals surface area contributed by atoms with E-state index in [0.717, 1.165) is 32.3 Å². The normalized spacial score (nSPS) is 14.1. The van der Waals surface area contributed by atoms with E-state index in [1.165, 1.54) is 24.3 Å². The number of imide groups is 1. The maximum atomic E-state index is 13.1. The van der Waals surface area contributed by atoms with Gasteiger partial charge in [0.05, 0.1) is 23.0 Å². The highest BCUT2D eigenvalue weighted by molar-refractivity contribution is 9.10. The molecule has 0 atom stereocenters. The average Bonchev–Trinajstić information content (AvgIpc) is 3.17. The van der Waals surface area contributed by atoms with E-state index in [9.17, 15) is 19.7 Å². The van der Waals surface area contributed by atoms with Crippen molar-refractivity contribution >= 4 is 50.6 Å². The van der Waals surface area contributed by atoms with Crippen LogP contribution in [0, 0.1) is 10.1 Å². The predicted molar refractivity (Wildman–Crippen MR) is 155 cm³/mol. The molecule has 3 aromatic rings. The molecule has 0 bridgehead atoms. The number of nitro groups is 1. The summed E-state index contributed by atoms with van der Waals surface area (Å²) in [7, 11) is 0. The van der Waals surface area contributed by atoms with Gasteiger partial charge in [-0.3, -0.25) is 24.6 Å². The Hall–Kier alpha value is -3.89. The third-order valence-electron chi connectivity index (χ3n) is 5.77. The van der Waals surface area contributed by atoms with E-state index >= 15 is 0 Å². The van der Waals surface area contributed by atoms with E-state index in [2.05, 4.69) is 22.5 Å². The number of nitro benzene ring substituents is 1. The van der Waals surface area contributed by atoms with Gasteiger partial charge >= 0.3 is 0 Å². The summed E-state index contributed by atoms with van der Waals surface area (Å²) >= 11 is 4.28. The lowest BCUT2D eigenvalue weighted by Gasteiger charge is -2.17. The van der Waals surface area contributed by atoms with Crippen molar-refractivity contribution in [1.82, 2.24) is 4.90 Å². The third kappa shape index (κ3) is 6.96. The van der Waals surface area contributed by atoms with Crippen molar-refractivity contribution < 1.29 is 24.0 Å². The van der Waals surface area contributed by atoms with Crippen molar-refractivity contribution in [2.75, 3.05) is 6.61 Å². The molecule has 8 nitrogen and oxygen atoms in total. The summed E-state index contributed by atoms with van der Waals surface area (Å²) in [5.74, 6) is 0.704. The van der Waals surface area contributed by atoms with Crippen LogP contribution in [0.3, 0.4) is 0 Å². The molecule has 10 heteroatoms. The van der Waals surface area contributed by atoms with Gasteiger partial charge in [-0.15, -0.1) is 6.58 Å². The maximum absolute atomic E-state index is 13.1. The molecule has 0 radical (unpaired) electrons. The van der Waals surface area contributed by atoms with E-state index in [4.69, 9.17) is 9.47 Å². The highest BCUT2D eigenvalue weighted by Crippen LogP contribution is 2.38. The first-order chi connectivity index (χ1) is 18.8. The topological polar surface area (TPSA) is 99.0 Å². The van der Waals surface area contributed by atoms with E-state index in [1.807, 2.05) is 37.3 Å². The van der Waals surface area contributed by atoms with Gasteiger partial charge in [-0.2, -0.15) is 0 Å². The van der Waals surface area contributed by atoms with Crippen LogP contribution in [-0.2, 0) is 24.4 Å². The fourth-order valence-electron chi connectivity index (χ4n) is 3.93. The predicted octanol–water partition coefficient (Wildman–Crippen LogP) is 7.30. The van der Waals surface area contributed by atoms with E-state index in [-0.39, 0.29) is 17.1 Å². The van der Waals surface area contributed by atoms with Crippen molar-refractivity contribution in [3.8, 4) is 11.5 Å². The minimum absolute atomic E-state index is 0.0226. The molecule has 1 aliphatic heterocycles. The molecule has 39 heavy (non-hydrogen) atoms. The van der Waals surface area contributed by atoms with Crippen LogP contribution in [-0.4, -0.2) is 27.6 Å². The number of carbonyl (C=O) groups excluding carboxylic acids is 2. The van der Waals surface area contributed by atoms with Gasteiger partial charge in [0.2, 0.25) is 0 Å². The van der Waals surface area contributed by atoms with E-state index in [1.54, 1.807) is 18.2 Å². The van der Waals surface area contributed by atoms with Gasteiger partial charge in [-0.25, -0.2) is 0 Å². The lowest BCUT2D eigenvalue weighted by atomic mass is 10.0. The number of nitrogens with zero attached hydrogens (tertiary/aromatic N) is 2. The second-order valence-electron chi connectivity index (χ2n) is 8.54. The summed E-state index contributed by atoms with van der Waals surface area (Å²) in [5.41, 5.74) is 3.08. The minimum atomic E-state index is -0.499. The van der Waals surface area contributed by atoms with Gasteiger partial charge in [-0.1, -0.05) is 46.3 Å². The van der Waals surface area contributed by atoms with Crippen LogP contribution in [0.4, 0.5) is 10.5 Å².